The molecule has 94 valence electrons. The van der Waals surface area contributed by atoms with Gasteiger partial charge in [-0.15, -0.1) is 0 Å². The van der Waals surface area contributed by atoms with E-state index in [9.17, 15) is 4.79 Å². The molecule has 0 aliphatic carbocycles. The molecule has 1 aromatic heterocycles. The van der Waals surface area contributed by atoms with Crippen LogP contribution in [-0.2, 0) is 0 Å². The van der Waals surface area contributed by atoms with Gasteiger partial charge in [-0.1, -0.05) is 13.8 Å². The van der Waals surface area contributed by atoms with E-state index in [1.54, 1.807) is 0 Å². The van der Waals surface area contributed by atoms with Crippen molar-refractivity contribution in [1.82, 2.24) is 15.3 Å². The molecule has 1 aromatic rings. The number of nitrogens with one attached hydrogen (secondary N) is 1. The van der Waals surface area contributed by atoms with Crippen LogP contribution in [0.3, 0.4) is 0 Å². The molecule has 5 heteroatoms. The van der Waals surface area contributed by atoms with Crippen LogP contribution in [0.5, 0.6) is 0 Å². The average molecular weight is 236 g/mol. The van der Waals surface area contributed by atoms with Gasteiger partial charge in [0.15, 0.2) is 11.5 Å². The minimum atomic E-state index is -0.258. The summed E-state index contributed by atoms with van der Waals surface area (Å²) in [5.74, 6) is 0.545. The van der Waals surface area contributed by atoms with E-state index < -0.39 is 0 Å². The highest BCUT2D eigenvalue weighted by molar-refractivity contribution is 5.96. The largest absolute Gasteiger partial charge is 0.382 e. The third-order valence-electron chi connectivity index (χ3n) is 2.50. The van der Waals surface area contributed by atoms with E-state index in [1.165, 1.54) is 12.4 Å². The van der Waals surface area contributed by atoms with Crippen LogP contribution in [-0.4, -0.2) is 21.9 Å². The zero-order valence-corrected chi connectivity index (χ0v) is 10.6. The Hall–Kier alpha value is -1.65. The Balaban J connectivity index is 2.52. The third-order valence-corrected chi connectivity index (χ3v) is 2.50. The second kappa shape index (κ2) is 6.18. The summed E-state index contributed by atoms with van der Waals surface area (Å²) < 4.78 is 0. The van der Waals surface area contributed by atoms with Gasteiger partial charge in [-0.25, -0.2) is 9.97 Å². The van der Waals surface area contributed by atoms with Crippen LogP contribution in [0.15, 0.2) is 12.4 Å². The van der Waals surface area contributed by atoms with Crippen molar-refractivity contribution in [1.29, 1.82) is 0 Å². The van der Waals surface area contributed by atoms with Crippen molar-refractivity contribution in [3.05, 3.63) is 18.1 Å². The number of amides is 1. The summed E-state index contributed by atoms with van der Waals surface area (Å²) in [7, 11) is 0. The van der Waals surface area contributed by atoms with E-state index in [1.807, 2.05) is 6.92 Å². The maximum absolute atomic E-state index is 11.8. The van der Waals surface area contributed by atoms with E-state index in [4.69, 9.17) is 5.73 Å². The van der Waals surface area contributed by atoms with E-state index >= 15 is 0 Å². The third kappa shape index (κ3) is 4.38. The predicted octanol–water partition coefficient (Wildman–Crippen LogP) is 1.61. The van der Waals surface area contributed by atoms with E-state index in [0.717, 1.165) is 12.8 Å². The molecule has 3 N–H and O–H groups in total. The van der Waals surface area contributed by atoms with Crippen molar-refractivity contribution in [2.45, 2.75) is 39.7 Å². The molecule has 1 heterocycles. The van der Waals surface area contributed by atoms with Crippen molar-refractivity contribution in [2.75, 3.05) is 5.73 Å². The van der Waals surface area contributed by atoms with Crippen molar-refractivity contribution >= 4 is 11.7 Å². The van der Waals surface area contributed by atoms with Gasteiger partial charge in [0.25, 0.3) is 5.91 Å². The first-order valence-corrected chi connectivity index (χ1v) is 5.88. The fourth-order valence-electron chi connectivity index (χ4n) is 1.47. The smallest absolute Gasteiger partial charge is 0.273 e. The predicted molar refractivity (Wildman–Crippen MR) is 67.4 cm³/mol. The van der Waals surface area contributed by atoms with Gasteiger partial charge in [-0.05, 0) is 25.7 Å². The van der Waals surface area contributed by atoms with Gasteiger partial charge >= 0.3 is 0 Å². The maximum atomic E-state index is 11.8. The number of hydrogen-bond donors (Lipinski definition) is 2. The monoisotopic (exact) mass is 236 g/mol. The molecule has 1 amide bonds. The summed E-state index contributed by atoms with van der Waals surface area (Å²) in [6, 6.07) is 0.117. The maximum Gasteiger partial charge on any atom is 0.273 e. The van der Waals surface area contributed by atoms with Crippen molar-refractivity contribution in [2.24, 2.45) is 5.92 Å². The Morgan fingerprint density at radius 1 is 1.29 bits per heavy atom. The lowest BCUT2D eigenvalue weighted by atomic mass is 10.0. The lowest BCUT2D eigenvalue weighted by Crippen LogP contribution is -2.34. The Morgan fingerprint density at radius 2 is 1.94 bits per heavy atom. The summed E-state index contributed by atoms with van der Waals surface area (Å²) in [5.41, 5.74) is 5.78. The average Bonchev–Trinajstić information content (AvgIpc) is 2.26. The first-order chi connectivity index (χ1) is 8.00. The minimum Gasteiger partial charge on any atom is -0.382 e. The summed E-state index contributed by atoms with van der Waals surface area (Å²) in [4.78, 5) is 19.6. The molecule has 1 rings (SSSR count). The molecule has 0 saturated heterocycles. The normalized spacial score (nSPS) is 12.5. The molecular weight excluding hydrogens is 216 g/mol. The second-order valence-electron chi connectivity index (χ2n) is 4.64. The van der Waals surface area contributed by atoms with Crippen molar-refractivity contribution < 1.29 is 4.79 Å². The standard InChI is InChI=1S/C12H20N4O/c1-8(2)4-5-9(3)16-12(17)10-11(13)15-7-6-14-10/h6-9H,4-5H2,1-3H3,(H2,13,15)(H,16,17). The molecule has 5 nitrogen and oxygen atoms in total. The number of carbonyl (C=O) groups excluding carboxylic acids is 1. The molecule has 0 aromatic carbocycles. The Labute approximate surface area is 102 Å². The lowest BCUT2D eigenvalue weighted by Gasteiger charge is -2.15. The molecular formula is C12H20N4O. The van der Waals surface area contributed by atoms with Crippen LogP contribution < -0.4 is 11.1 Å². The molecule has 1 atom stereocenters. The number of nitrogens with two attached hydrogens (primary N) is 1. The zero-order valence-electron chi connectivity index (χ0n) is 10.6. The summed E-state index contributed by atoms with van der Waals surface area (Å²) in [5, 5.41) is 2.87. The number of hydrogen-bond acceptors (Lipinski definition) is 4. The topological polar surface area (TPSA) is 80.9 Å². The van der Waals surface area contributed by atoms with Gasteiger partial charge in [0.05, 0.1) is 0 Å². The van der Waals surface area contributed by atoms with Gasteiger partial charge in [0.2, 0.25) is 0 Å². The molecule has 1 unspecified atom stereocenters. The molecule has 0 saturated carbocycles. The molecule has 0 fully saturated rings. The summed E-state index contributed by atoms with van der Waals surface area (Å²) in [6.45, 7) is 6.30. The fourth-order valence-corrected chi connectivity index (χ4v) is 1.47. The van der Waals surface area contributed by atoms with Crippen LogP contribution in [0.4, 0.5) is 5.82 Å². The first kappa shape index (κ1) is 13.4. The quantitative estimate of drug-likeness (QED) is 0.814. The highest BCUT2D eigenvalue weighted by atomic mass is 16.2. The van der Waals surface area contributed by atoms with Crippen LogP contribution in [0, 0.1) is 5.92 Å². The van der Waals surface area contributed by atoms with Crippen LogP contribution in [0.1, 0.15) is 44.1 Å². The first-order valence-electron chi connectivity index (χ1n) is 5.88. The Morgan fingerprint density at radius 3 is 2.53 bits per heavy atom. The van der Waals surface area contributed by atoms with Gasteiger partial charge in [0, 0.05) is 18.4 Å². The van der Waals surface area contributed by atoms with Crippen LogP contribution in [0.2, 0.25) is 0 Å². The molecule has 0 aliphatic heterocycles. The Bertz CT molecular complexity index is 379. The number of rotatable bonds is 5. The number of aromatic nitrogens is 2. The summed E-state index contributed by atoms with van der Waals surface area (Å²) in [6.07, 6.45) is 4.96. The molecule has 0 bridgehead atoms. The van der Waals surface area contributed by atoms with Gasteiger partial charge in [-0.2, -0.15) is 0 Å². The molecule has 0 aliphatic rings. The summed E-state index contributed by atoms with van der Waals surface area (Å²) >= 11 is 0. The van der Waals surface area contributed by atoms with Crippen LogP contribution >= 0.6 is 0 Å². The van der Waals surface area contributed by atoms with Gasteiger partial charge < -0.3 is 11.1 Å². The number of anilines is 1. The highest BCUT2D eigenvalue weighted by Gasteiger charge is 2.14. The molecule has 0 spiro atoms. The van der Waals surface area contributed by atoms with Crippen molar-refractivity contribution in [3.63, 3.8) is 0 Å². The van der Waals surface area contributed by atoms with E-state index in [0.29, 0.717) is 5.92 Å². The van der Waals surface area contributed by atoms with Crippen molar-refractivity contribution in [3.8, 4) is 0 Å². The minimum absolute atomic E-state index is 0.117. The van der Waals surface area contributed by atoms with Crippen LogP contribution in [0.25, 0.3) is 0 Å². The van der Waals surface area contributed by atoms with Gasteiger partial charge in [0.1, 0.15) is 0 Å². The number of nitrogens with zero attached hydrogens (tertiary/aromatic N) is 2. The SMILES string of the molecule is CC(C)CCC(C)NC(=O)c1nccnc1N. The highest BCUT2D eigenvalue weighted by Crippen LogP contribution is 2.08. The number of carbonyl (C=O) groups is 1. The molecule has 17 heavy (non-hydrogen) atoms. The zero-order chi connectivity index (χ0) is 12.8. The van der Waals surface area contributed by atoms with Gasteiger partial charge in [-0.3, -0.25) is 4.79 Å². The fraction of sp³-hybridized carbons (Fsp3) is 0.583. The van der Waals surface area contributed by atoms with E-state index in [-0.39, 0.29) is 23.5 Å². The van der Waals surface area contributed by atoms with E-state index in [2.05, 4.69) is 29.1 Å². The number of nitrogen functional groups attached to an aromatic ring is 1. The second-order valence-corrected chi connectivity index (χ2v) is 4.64. The Kier molecular flexibility index (Phi) is 4.87. The molecule has 0 radical (unpaired) electrons. The lowest BCUT2D eigenvalue weighted by molar-refractivity contribution is 0.0933.